The molecule has 1 heterocycles. The van der Waals surface area contributed by atoms with Crippen LogP contribution in [0.25, 0.3) is 0 Å². The van der Waals surface area contributed by atoms with Crippen LogP contribution in [0.2, 0.25) is 0 Å². The van der Waals surface area contributed by atoms with Crippen LogP contribution in [0.4, 0.5) is 5.69 Å². The third kappa shape index (κ3) is 9.17. The molecule has 3 nitrogen and oxygen atoms in total. The van der Waals surface area contributed by atoms with Crippen molar-refractivity contribution in [1.82, 2.24) is 0 Å². The van der Waals surface area contributed by atoms with Crippen molar-refractivity contribution in [2.75, 3.05) is 18.0 Å². The zero-order valence-electron chi connectivity index (χ0n) is 16.1. The van der Waals surface area contributed by atoms with Crippen LogP contribution in [0.5, 0.6) is 0 Å². The Morgan fingerprint density at radius 3 is 1.48 bits per heavy atom. The Labute approximate surface area is 142 Å². The number of para-hydroxylation sites is 1. The normalized spacial score (nSPS) is 15.9. The molecule has 1 aromatic rings. The molecule has 1 aromatic carbocycles. The molecule has 2 rings (SSSR count). The Morgan fingerprint density at radius 1 is 0.783 bits per heavy atom. The van der Waals surface area contributed by atoms with E-state index in [4.69, 9.17) is 0 Å². The Hall–Kier alpha value is -1.64. The minimum absolute atomic E-state index is 0.0151. The second kappa shape index (κ2) is 7.76. The van der Waals surface area contributed by atoms with Gasteiger partial charge in [-0.1, -0.05) is 18.2 Å². The van der Waals surface area contributed by atoms with E-state index >= 15 is 0 Å². The lowest BCUT2D eigenvalue weighted by atomic mass is 10.1. The molecule has 0 amide bonds. The lowest BCUT2D eigenvalue weighted by molar-refractivity contribution is 0.578. The summed E-state index contributed by atoms with van der Waals surface area (Å²) in [5, 5.41) is 0. The Kier molecular flexibility index (Phi) is 6.55. The van der Waals surface area contributed by atoms with Gasteiger partial charge < -0.3 is 4.90 Å². The zero-order chi connectivity index (χ0) is 17.7. The zero-order valence-corrected chi connectivity index (χ0v) is 16.1. The fourth-order valence-corrected chi connectivity index (χ4v) is 2.12. The van der Waals surface area contributed by atoms with Gasteiger partial charge in [0.1, 0.15) is 0 Å². The summed E-state index contributed by atoms with van der Waals surface area (Å²) in [5.74, 6) is 0. The van der Waals surface area contributed by atoms with Gasteiger partial charge in [-0.3, -0.25) is 9.98 Å². The summed E-state index contributed by atoms with van der Waals surface area (Å²) < 4.78 is 0. The highest BCUT2D eigenvalue weighted by molar-refractivity contribution is 6.40. The van der Waals surface area contributed by atoms with E-state index in [1.165, 1.54) is 18.8 Å². The number of hydrogen-bond acceptors (Lipinski definition) is 3. The molecule has 0 saturated carbocycles. The minimum Gasteiger partial charge on any atom is -0.368 e. The molecule has 1 aliphatic rings. The van der Waals surface area contributed by atoms with E-state index < -0.39 is 0 Å². The van der Waals surface area contributed by atoms with E-state index in [-0.39, 0.29) is 11.1 Å². The van der Waals surface area contributed by atoms with E-state index in [1.807, 2.05) is 19.9 Å². The largest absolute Gasteiger partial charge is 0.368 e. The maximum absolute atomic E-state index is 4.58. The summed E-state index contributed by atoms with van der Waals surface area (Å²) >= 11 is 0. The number of aliphatic imine (C=N–C) groups is 2. The van der Waals surface area contributed by atoms with Crippen molar-refractivity contribution >= 4 is 17.1 Å². The minimum atomic E-state index is -0.0151. The first-order chi connectivity index (χ1) is 10.5. The van der Waals surface area contributed by atoms with Crippen LogP contribution >= 0.6 is 0 Å². The van der Waals surface area contributed by atoms with Gasteiger partial charge in [-0.2, -0.15) is 0 Å². The molecule has 0 aliphatic carbocycles. The molecule has 0 aromatic heterocycles. The molecule has 1 fully saturated rings. The van der Waals surface area contributed by atoms with Gasteiger partial charge in [0.25, 0.3) is 0 Å². The molecule has 0 N–H and O–H groups in total. The fourth-order valence-electron chi connectivity index (χ4n) is 2.12. The summed E-state index contributed by atoms with van der Waals surface area (Å²) in [7, 11) is 0. The predicted octanol–water partition coefficient (Wildman–Crippen LogP) is 5.01. The van der Waals surface area contributed by atoms with Crippen LogP contribution in [-0.2, 0) is 0 Å². The molecule has 1 saturated heterocycles. The average Bonchev–Trinajstić information content (AvgIpc) is 3.20. The van der Waals surface area contributed by atoms with E-state index in [1.54, 1.807) is 0 Å². The smallest absolute Gasteiger partial charge is 0.0531 e. The first-order valence-electron chi connectivity index (χ1n) is 8.41. The van der Waals surface area contributed by atoms with Gasteiger partial charge in [-0.25, -0.2) is 0 Å². The average molecular weight is 316 g/mol. The van der Waals surface area contributed by atoms with Gasteiger partial charge in [-0.05, 0) is 67.5 Å². The summed E-state index contributed by atoms with van der Waals surface area (Å²) in [6, 6.07) is 10.5. The lowest BCUT2D eigenvalue weighted by Crippen LogP contribution is -2.20. The Balaban J connectivity index is 0.000000248. The van der Waals surface area contributed by atoms with E-state index in [0.717, 1.165) is 11.4 Å². The molecule has 0 radical (unpaired) electrons. The summed E-state index contributed by atoms with van der Waals surface area (Å²) in [4.78, 5) is 11.5. The van der Waals surface area contributed by atoms with Crippen molar-refractivity contribution in [2.24, 2.45) is 9.98 Å². The third-order valence-corrected chi connectivity index (χ3v) is 3.10. The number of benzene rings is 1. The molecular weight excluding hydrogens is 282 g/mol. The van der Waals surface area contributed by atoms with Crippen molar-refractivity contribution in [3.63, 3.8) is 0 Å². The molecule has 23 heavy (non-hydrogen) atoms. The SMILES string of the molecule is CC(=NC(C)(C)C)C(C)=NC(C)(C)C.c1ccc(N2CC2)cc1. The summed E-state index contributed by atoms with van der Waals surface area (Å²) in [5.41, 5.74) is 3.40. The second-order valence-electron chi connectivity index (χ2n) is 8.06. The van der Waals surface area contributed by atoms with Gasteiger partial charge in [-0.15, -0.1) is 0 Å². The Bertz CT molecular complexity index is 510. The van der Waals surface area contributed by atoms with Crippen molar-refractivity contribution in [1.29, 1.82) is 0 Å². The topological polar surface area (TPSA) is 27.7 Å². The van der Waals surface area contributed by atoms with Gasteiger partial charge >= 0.3 is 0 Å². The highest BCUT2D eigenvalue weighted by Crippen LogP contribution is 2.19. The van der Waals surface area contributed by atoms with E-state index in [0.29, 0.717) is 0 Å². The van der Waals surface area contributed by atoms with Gasteiger partial charge in [0.2, 0.25) is 0 Å². The monoisotopic (exact) mass is 315 g/mol. The maximum atomic E-state index is 4.58. The molecule has 1 aliphatic heterocycles. The van der Waals surface area contributed by atoms with Crippen molar-refractivity contribution in [3.05, 3.63) is 30.3 Å². The molecule has 128 valence electrons. The van der Waals surface area contributed by atoms with Crippen LogP contribution in [0.3, 0.4) is 0 Å². The summed E-state index contributed by atoms with van der Waals surface area (Å²) in [6.45, 7) is 19.1. The Morgan fingerprint density at radius 2 is 1.17 bits per heavy atom. The number of rotatable bonds is 2. The van der Waals surface area contributed by atoms with Gasteiger partial charge in [0.15, 0.2) is 0 Å². The van der Waals surface area contributed by atoms with Crippen LogP contribution in [-0.4, -0.2) is 35.6 Å². The molecular formula is C20H33N3. The highest BCUT2D eigenvalue weighted by Gasteiger charge is 2.16. The third-order valence-electron chi connectivity index (χ3n) is 3.10. The quantitative estimate of drug-likeness (QED) is 0.557. The van der Waals surface area contributed by atoms with Crippen LogP contribution < -0.4 is 4.90 Å². The van der Waals surface area contributed by atoms with Crippen LogP contribution in [0.15, 0.2) is 40.3 Å². The maximum Gasteiger partial charge on any atom is 0.0531 e. The number of hydrogen-bond donors (Lipinski definition) is 0. The first kappa shape index (κ1) is 19.4. The molecule has 0 atom stereocenters. The van der Waals surface area contributed by atoms with Crippen molar-refractivity contribution in [3.8, 4) is 0 Å². The number of nitrogens with zero attached hydrogens (tertiary/aromatic N) is 3. The highest BCUT2D eigenvalue weighted by atomic mass is 15.3. The summed E-state index contributed by atoms with van der Waals surface area (Å²) in [6.07, 6.45) is 0. The molecule has 0 bridgehead atoms. The fraction of sp³-hybridized carbons (Fsp3) is 0.600. The van der Waals surface area contributed by atoms with Gasteiger partial charge in [0.05, 0.1) is 22.5 Å². The molecule has 0 unspecified atom stereocenters. The van der Waals surface area contributed by atoms with Crippen LogP contribution in [0.1, 0.15) is 55.4 Å². The lowest BCUT2D eigenvalue weighted by Gasteiger charge is -2.17. The molecule has 3 heteroatoms. The van der Waals surface area contributed by atoms with Crippen LogP contribution in [0, 0.1) is 0 Å². The van der Waals surface area contributed by atoms with E-state index in [9.17, 15) is 0 Å². The standard InChI is InChI=1S/C12H24N2.C8H9N/c1-9(13-11(3,4)5)10(2)14-12(6,7)8;1-2-4-8(5-3-1)9-6-7-9/h1-8H3;1-5H,6-7H2. The van der Waals surface area contributed by atoms with Crippen molar-refractivity contribution < 1.29 is 0 Å². The van der Waals surface area contributed by atoms with Gasteiger partial charge in [0, 0.05) is 18.8 Å². The predicted molar refractivity (Wildman–Crippen MR) is 104 cm³/mol. The second-order valence-corrected chi connectivity index (χ2v) is 8.06. The number of anilines is 1. The molecule has 0 spiro atoms. The van der Waals surface area contributed by atoms with E-state index in [2.05, 4.69) is 80.7 Å². The first-order valence-corrected chi connectivity index (χ1v) is 8.41. The van der Waals surface area contributed by atoms with Crippen molar-refractivity contribution in [2.45, 2.75) is 66.5 Å².